The molecule has 0 radical (unpaired) electrons. The van der Waals surface area contributed by atoms with Crippen LogP contribution in [0.25, 0.3) is 0 Å². The molecule has 2 rings (SSSR count). The van der Waals surface area contributed by atoms with E-state index in [0.29, 0.717) is 6.04 Å². The highest BCUT2D eigenvalue weighted by Gasteiger charge is 2.31. The van der Waals surface area contributed by atoms with Crippen LogP contribution in [0.15, 0.2) is 0 Å². The fraction of sp³-hybridized carbons (Fsp3) is 0.917. The molecule has 2 aliphatic heterocycles. The van der Waals surface area contributed by atoms with Crippen molar-refractivity contribution in [2.75, 3.05) is 26.2 Å². The van der Waals surface area contributed by atoms with E-state index >= 15 is 0 Å². The molecule has 0 aromatic rings. The Hall–Kier alpha value is -0.610. The van der Waals surface area contributed by atoms with Gasteiger partial charge < -0.3 is 15.5 Å². The van der Waals surface area contributed by atoms with Gasteiger partial charge in [0.2, 0.25) is 5.91 Å². The number of piperidine rings is 1. The first-order chi connectivity index (χ1) is 7.75. The molecule has 0 aromatic heterocycles. The fourth-order valence-electron chi connectivity index (χ4n) is 2.92. The second-order valence-electron chi connectivity index (χ2n) is 4.99. The van der Waals surface area contributed by atoms with E-state index in [0.717, 1.165) is 19.1 Å². The highest BCUT2D eigenvalue weighted by atomic mass is 16.1. The molecular formula is C12H23N3O. The maximum atomic E-state index is 10.7. The van der Waals surface area contributed by atoms with Crippen molar-refractivity contribution in [2.45, 2.75) is 44.7 Å². The Bertz CT molecular complexity index is 244. The van der Waals surface area contributed by atoms with Gasteiger partial charge in [-0.3, -0.25) is 4.79 Å². The fourth-order valence-corrected chi connectivity index (χ4v) is 2.92. The van der Waals surface area contributed by atoms with Gasteiger partial charge in [-0.05, 0) is 38.8 Å². The molecule has 16 heavy (non-hydrogen) atoms. The van der Waals surface area contributed by atoms with Crippen LogP contribution in [0.1, 0.15) is 32.6 Å². The van der Waals surface area contributed by atoms with Crippen molar-refractivity contribution in [3.05, 3.63) is 0 Å². The first kappa shape index (κ1) is 11.9. The number of carbonyl (C=O) groups is 1. The van der Waals surface area contributed by atoms with Crippen LogP contribution in [-0.4, -0.2) is 49.1 Å². The van der Waals surface area contributed by atoms with Crippen LogP contribution in [0.5, 0.6) is 0 Å². The molecule has 2 fully saturated rings. The number of amides is 1. The van der Waals surface area contributed by atoms with Crippen LogP contribution in [0.3, 0.4) is 0 Å². The van der Waals surface area contributed by atoms with Gasteiger partial charge in [0.05, 0.1) is 0 Å². The Balaban J connectivity index is 1.62. The van der Waals surface area contributed by atoms with Crippen LogP contribution in [0.2, 0.25) is 0 Å². The molecule has 2 N–H and O–H groups in total. The maximum absolute atomic E-state index is 10.7. The summed E-state index contributed by atoms with van der Waals surface area (Å²) in [6.45, 7) is 5.78. The number of hydrogen-bond donors (Lipinski definition) is 2. The van der Waals surface area contributed by atoms with Gasteiger partial charge in [0.1, 0.15) is 0 Å². The van der Waals surface area contributed by atoms with Gasteiger partial charge in [-0.15, -0.1) is 0 Å². The van der Waals surface area contributed by atoms with Crippen molar-refractivity contribution in [1.82, 2.24) is 15.5 Å². The van der Waals surface area contributed by atoms with E-state index in [-0.39, 0.29) is 5.91 Å². The van der Waals surface area contributed by atoms with Crippen molar-refractivity contribution in [2.24, 2.45) is 0 Å². The third kappa shape index (κ3) is 3.19. The van der Waals surface area contributed by atoms with Crippen LogP contribution in [0.4, 0.5) is 0 Å². The summed E-state index contributed by atoms with van der Waals surface area (Å²) in [5.74, 6) is 0.0624. The van der Waals surface area contributed by atoms with Gasteiger partial charge in [-0.25, -0.2) is 0 Å². The molecular weight excluding hydrogens is 202 g/mol. The molecule has 0 spiro atoms. The summed E-state index contributed by atoms with van der Waals surface area (Å²) in [6, 6.07) is 1.49. The average molecular weight is 225 g/mol. The Kier molecular flexibility index (Phi) is 4.18. The summed E-state index contributed by atoms with van der Waals surface area (Å²) in [6.07, 6.45) is 5.31. The quantitative estimate of drug-likeness (QED) is 0.678. The molecule has 2 atom stereocenters. The maximum Gasteiger partial charge on any atom is 0.216 e. The van der Waals surface area contributed by atoms with Crippen LogP contribution in [0, 0.1) is 0 Å². The smallest absolute Gasteiger partial charge is 0.216 e. The zero-order valence-corrected chi connectivity index (χ0v) is 10.2. The molecule has 1 amide bonds. The second-order valence-corrected chi connectivity index (χ2v) is 4.99. The van der Waals surface area contributed by atoms with E-state index < -0.39 is 0 Å². The molecule has 0 aliphatic carbocycles. The van der Waals surface area contributed by atoms with E-state index in [1.807, 2.05) is 0 Å². The number of nitrogens with zero attached hydrogens (tertiary/aromatic N) is 1. The van der Waals surface area contributed by atoms with Crippen molar-refractivity contribution >= 4 is 5.91 Å². The number of nitrogens with one attached hydrogen (secondary N) is 2. The van der Waals surface area contributed by atoms with Gasteiger partial charge in [0.15, 0.2) is 0 Å². The first-order valence-electron chi connectivity index (χ1n) is 6.47. The number of carbonyl (C=O) groups excluding carboxylic acids is 1. The largest absolute Gasteiger partial charge is 0.355 e. The molecule has 4 heteroatoms. The summed E-state index contributed by atoms with van der Waals surface area (Å²) >= 11 is 0. The summed E-state index contributed by atoms with van der Waals surface area (Å²) in [5.41, 5.74) is 0. The van der Waals surface area contributed by atoms with Crippen molar-refractivity contribution in [3.63, 3.8) is 0 Å². The van der Waals surface area contributed by atoms with Gasteiger partial charge in [0, 0.05) is 32.1 Å². The van der Waals surface area contributed by atoms with Crippen LogP contribution < -0.4 is 10.6 Å². The predicted octanol–water partition coefficient (Wildman–Crippen LogP) is 0.339. The average Bonchev–Trinajstić information content (AvgIpc) is 2.71. The Morgan fingerprint density at radius 2 is 2.19 bits per heavy atom. The molecule has 2 unspecified atom stereocenters. The lowest BCUT2D eigenvalue weighted by atomic mass is 9.98. The zero-order chi connectivity index (χ0) is 11.4. The molecule has 0 bridgehead atoms. The van der Waals surface area contributed by atoms with E-state index in [9.17, 15) is 4.79 Å². The molecule has 4 nitrogen and oxygen atoms in total. The monoisotopic (exact) mass is 225 g/mol. The summed E-state index contributed by atoms with van der Waals surface area (Å²) < 4.78 is 0. The van der Waals surface area contributed by atoms with Crippen molar-refractivity contribution in [3.8, 4) is 0 Å². The minimum absolute atomic E-state index is 0.0624. The van der Waals surface area contributed by atoms with E-state index in [1.165, 1.54) is 38.8 Å². The van der Waals surface area contributed by atoms with Crippen LogP contribution >= 0.6 is 0 Å². The van der Waals surface area contributed by atoms with Crippen LogP contribution in [-0.2, 0) is 4.79 Å². The third-order valence-corrected chi connectivity index (χ3v) is 3.75. The summed E-state index contributed by atoms with van der Waals surface area (Å²) in [7, 11) is 0. The Morgan fingerprint density at radius 1 is 1.31 bits per heavy atom. The summed E-state index contributed by atoms with van der Waals surface area (Å²) in [5, 5.41) is 6.37. The van der Waals surface area contributed by atoms with Gasteiger partial charge in [-0.1, -0.05) is 0 Å². The molecule has 0 aromatic carbocycles. The highest BCUT2D eigenvalue weighted by Crippen LogP contribution is 2.26. The van der Waals surface area contributed by atoms with Gasteiger partial charge >= 0.3 is 0 Å². The van der Waals surface area contributed by atoms with E-state index in [4.69, 9.17) is 0 Å². The Labute approximate surface area is 97.8 Å². The molecule has 2 heterocycles. The Morgan fingerprint density at radius 3 is 3.00 bits per heavy atom. The lowest BCUT2D eigenvalue weighted by Crippen LogP contribution is -2.47. The molecule has 92 valence electrons. The summed E-state index contributed by atoms with van der Waals surface area (Å²) in [4.78, 5) is 13.3. The van der Waals surface area contributed by atoms with E-state index in [1.54, 1.807) is 6.92 Å². The molecule has 2 aliphatic rings. The normalized spacial score (nSPS) is 30.1. The van der Waals surface area contributed by atoms with Crippen molar-refractivity contribution < 1.29 is 4.79 Å². The lowest BCUT2D eigenvalue weighted by Gasteiger charge is -2.35. The van der Waals surface area contributed by atoms with E-state index in [2.05, 4.69) is 15.5 Å². The van der Waals surface area contributed by atoms with Gasteiger partial charge in [-0.2, -0.15) is 0 Å². The second kappa shape index (κ2) is 5.64. The molecule has 2 saturated heterocycles. The topological polar surface area (TPSA) is 44.4 Å². The van der Waals surface area contributed by atoms with Gasteiger partial charge in [0.25, 0.3) is 0 Å². The lowest BCUT2D eigenvalue weighted by molar-refractivity contribution is -0.118. The number of hydrogen-bond acceptors (Lipinski definition) is 3. The minimum atomic E-state index is 0.0624. The number of rotatable bonds is 4. The zero-order valence-electron chi connectivity index (χ0n) is 10.2. The van der Waals surface area contributed by atoms with Crippen molar-refractivity contribution in [1.29, 1.82) is 0 Å². The standard InChI is InChI=1S/C12H23N3O/c1-10(16)13-5-6-14-11-4-8-15-7-2-3-12(15)9-11/h11-12,14H,2-9H2,1H3,(H,13,16). The minimum Gasteiger partial charge on any atom is -0.355 e. The third-order valence-electron chi connectivity index (χ3n) is 3.75. The number of fused-ring (bicyclic) bond motifs is 1. The SMILES string of the molecule is CC(=O)NCCNC1CCN2CCCC2C1. The highest BCUT2D eigenvalue weighted by molar-refractivity contribution is 5.72. The molecule has 0 saturated carbocycles. The first-order valence-corrected chi connectivity index (χ1v) is 6.47. The predicted molar refractivity (Wildman–Crippen MR) is 64.3 cm³/mol.